The van der Waals surface area contributed by atoms with Crippen LogP contribution in [0, 0.1) is 5.92 Å². The summed E-state index contributed by atoms with van der Waals surface area (Å²) >= 11 is 0. The zero-order valence-corrected chi connectivity index (χ0v) is 12.9. The molecule has 0 fully saturated rings. The maximum atomic E-state index is 10.1. The summed E-state index contributed by atoms with van der Waals surface area (Å²) in [5, 5.41) is 10.1. The van der Waals surface area contributed by atoms with Gasteiger partial charge < -0.3 is 9.84 Å². The summed E-state index contributed by atoms with van der Waals surface area (Å²) in [5.41, 5.74) is 3.50. The largest absolute Gasteiger partial charge is 0.508 e. The van der Waals surface area contributed by atoms with Crippen LogP contribution in [0.15, 0.2) is 23.8 Å². The monoisotopic (exact) mass is 272 g/mol. The fourth-order valence-corrected chi connectivity index (χ4v) is 3.85. The van der Waals surface area contributed by atoms with E-state index in [4.69, 9.17) is 4.74 Å². The van der Waals surface area contributed by atoms with E-state index in [1.807, 2.05) is 12.1 Å². The Kier molecular flexibility index (Phi) is 3.07. The van der Waals surface area contributed by atoms with E-state index in [1.165, 1.54) is 24.0 Å². The van der Waals surface area contributed by atoms with E-state index >= 15 is 0 Å². The van der Waals surface area contributed by atoms with Crippen LogP contribution >= 0.6 is 0 Å². The molecule has 2 atom stereocenters. The molecular formula is C18H24O2. The van der Waals surface area contributed by atoms with Crippen LogP contribution in [0.3, 0.4) is 0 Å². The van der Waals surface area contributed by atoms with Gasteiger partial charge in [-0.1, -0.05) is 24.6 Å². The average molecular weight is 272 g/mol. The fraction of sp³-hybridized carbons (Fsp3) is 0.556. The highest BCUT2D eigenvalue weighted by molar-refractivity contribution is 5.54. The first-order chi connectivity index (χ1) is 9.44. The smallest absolute Gasteiger partial charge is 0.130 e. The molecule has 1 aromatic rings. The highest BCUT2D eigenvalue weighted by atomic mass is 16.5. The van der Waals surface area contributed by atoms with Crippen LogP contribution in [0.2, 0.25) is 0 Å². The molecule has 0 aromatic heterocycles. The molecule has 2 heteroatoms. The van der Waals surface area contributed by atoms with Gasteiger partial charge in [-0.25, -0.2) is 0 Å². The first-order valence-electron chi connectivity index (χ1n) is 7.65. The van der Waals surface area contributed by atoms with E-state index in [0.29, 0.717) is 17.6 Å². The van der Waals surface area contributed by atoms with Crippen molar-refractivity contribution in [3.05, 3.63) is 34.9 Å². The van der Waals surface area contributed by atoms with E-state index < -0.39 is 0 Å². The molecule has 1 aromatic carbocycles. The third-order valence-electron chi connectivity index (χ3n) is 4.98. The Labute approximate surface area is 121 Å². The van der Waals surface area contributed by atoms with Crippen molar-refractivity contribution in [1.29, 1.82) is 0 Å². The van der Waals surface area contributed by atoms with Gasteiger partial charge in [0.1, 0.15) is 17.1 Å². The lowest BCUT2D eigenvalue weighted by Crippen LogP contribution is -2.45. The second kappa shape index (κ2) is 4.54. The molecule has 0 bridgehead atoms. The lowest BCUT2D eigenvalue weighted by molar-refractivity contribution is 0.0105. The molecular weight excluding hydrogens is 248 g/mol. The second-order valence-corrected chi connectivity index (χ2v) is 6.72. The molecule has 0 saturated carbocycles. The molecule has 1 N–H and O–H groups in total. The molecule has 2 aliphatic rings. The van der Waals surface area contributed by atoms with Crippen molar-refractivity contribution in [2.24, 2.45) is 5.92 Å². The predicted octanol–water partition coefficient (Wildman–Crippen LogP) is 4.57. The first-order valence-corrected chi connectivity index (χ1v) is 7.65. The Bertz CT molecular complexity index is 569. The van der Waals surface area contributed by atoms with Gasteiger partial charge in [-0.05, 0) is 46.1 Å². The fourth-order valence-electron chi connectivity index (χ4n) is 3.85. The lowest BCUT2D eigenvalue weighted by atomic mass is 9.68. The van der Waals surface area contributed by atoms with Gasteiger partial charge in [-0.3, -0.25) is 0 Å². The minimum absolute atomic E-state index is 0.174. The number of hydrogen-bond acceptors (Lipinski definition) is 2. The Morgan fingerprint density at radius 2 is 2.10 bits per heavy atom. The molecule has 3 rings (SSSR count). The number of fused-ring (bicyclic) bond motifs is 3. The molecule has 0 unspecified atom stereocenters. The molecule has 108 valence electrons. The summed E-state index contributed by atoms with van der Waals surface area (Å²) in [6.45, 7) is 8.66. The number of benzene rings is 1. The van der Waals surface area contributed by atoms with Gasteiger partial charge >= 0.3 is 0 Å². The zero-order chi connectivity index (χ0) is 14.5. The normalized spacial score (nSPS) is 27.1. The number of ether oxygens (including phenoxy) is 1. The second-order valence-electron chi connectivity index (χ2n) is 6.72. The van der Waals surface area contributed by atoms with Crippen LogP contribution in [0.4, 0.5) is 0 Å². The van der Waals surface area contributed by atoms with Gasteiger partial charge in [-0.2, -0.15) is 0 Å². The average Bonchev–Trinajstić information content (AvgIpc) is 2.37. The Balaban J connectivity index is 2.20. The minimum atomic E-state index is -0.174. The minimum Gasteiger partial charge on any atom is -0.508 e. The van der Waals surface area contributed by atoms with Gasteiger partial charge in [0.2, 0.25) is 0 Å². The highest BCUT2D eigenvalue weighted by Gasteiger charge is 2.44. The van der Waals surface area contributed by atoms with Crippen LogP contribution in [-0.2, 0) is 6.42 Å². The summed E-state index contributed by atoms with van der Waals surface area (Å²) in [4.78, 5) is 0. The molecule has 2 nitrogen and oxygen atoms in total. The van der Waals surface area contributed by atoms with E-state index in [2.05, 4.69) is 33.8 Å². The molecule has 0 amide bonds. The third kappa shape index (κ3) is 1.93. The number of allylic oxidation sites excluding steroid dienone is 2. The SMILES string of the molecule is CCc1c(O)ccc2c1OC(C)(C)[C@@H]1CCC(C)=C[C@@H]21. The van der Waals surface area contributed by atoms with Gasteiger partial charge in [-0.15, -0.1) is 0 Å². The van der Waals surface area contributed by atoms with Crippen molar-refractivity contribution in [2.75, 3.05) is 0 Å². The van der Waals surface area contributed by atoms with Crippen LogP contribution in [0.25, 0.3) is 0 Å². The third-order valence-corrected chi connectivity index (χ3v) is 4.98. The summed E-state index contributed by atoms with van der Waals surface area (Å²) in [5.74, 6) is 2.23. The van der Waals surface area contributed by atoms with Crippen LogP contribution in [0.1, 0.15) is 57.6 Å². The Morgan fingerprint density at radius 1 is 1.35 bits per heavy atom. The summed E-state index contributed by atoms with van der Waals surface area (Å²) < 4.78 is 6.34. The van der Waals surface area contributed by atoms with Crippen molar-refractivity contribution in [3.63, 3.8) is 0 Å². The Hall–Kier alpha value is -1.44. The standard InChI is InChI=1S/C18H24O2/c1-5-12-16(19)9-7-13-14-10-11(2)6-8-15(14)18(3,4)20-17(12)13/h7,9-10,14-15,19H,5-6,8H2,1-4H3/t14-,15+/m0/s1. The van der Waals surface area contributed by atoms with Gasteiger partial charge in [0.25, 0.3) is 0 Å². The van der Waals surface area contributed by atoms with Crippen LogP contribution < -0.4 is 4.74 Å². The number of rotatable bonds is 1. The quantitative estimate of drug-likeness (QED) is 0.759. The van der Waals surface area contributed by atoms with Gasteiger partial charge in [0.05, 0.1) is 0 Å². The lowest BCUT2D eigenvalue weighted by Gasteiger charge is -2.47. The number of phenolic OH excluding ortho intramolecular Hbond substituents is 1. The maximum absolute atomic E-state index is 10.1. The highest BCUT2D eigenvalue weighted by Crippen LogP contribution is 2.52. The van der Waals surface area contributed by atoms with Crippen molar-refractivity contribution < 1.29 is 9.84 Å². The van der Waals surface area contributed by atoms with Crippen molar-refractivity contribution in [3.8, 4) is 11.5 Å². The molecule has 1 heterocycles. The van der Waals surface area contributed by atoms with E-state index in [1.54, 1.807) is 0 Å². The summed E-state index contributed by atoms with van der Waals surface area (Å²) in [6.07, 6.45) is 5.56. The Morgan fingerprint density at radius 3 is 2.80 bits per heavy atom. The molecule has 1 aliphatic carbocycles. The van der Waals surface area contributed by atoms with E-state index in [-0.39, 0.29) is 5.60 Å². The molecule has 0 radical (unpaired) electrons. The van der Waals surface area contributed by atoms with Crippen LogP contribution in [0.5, 0.6) is 11.5 Å². The number of hydrogen-bond donors (Lipinski definition) is 1. The van der Waals surface area contributed by atoms with Gasteiger partial charge in [0.15, 0.2) is 0 Å². The van der Waals surface area contributed by atoms with E-state index in [9.17, 15) is 5.11 Å². The molecule has 0 spiro atoms. The topological polar surface area (TPSA) is 29.5 Å². The molecule has 1 aliphatic heterocycles. The first kappa shape index (κ1) is 13.5. The molecule has 0 saturated heterocycles. The van der Waals surface area contributed by atoms with Crippen molar-refractivity contribution in [1.82, 2.24) is 0 Å². The van der Waals surface area contributed by atoms with Crippen molar-refractivity contribution in [2.45, 2.75) is 58.5 Å². The maximum Gasteiger partial charge on any atom is 0.130 e. The number of phenols is 1. The van der Waals surface area contributed by atoms with Crippen molar-refractivity contribution >= 4 is 0 Å². The van der Waals surface area contributed by atoms with Crippen LogP contribution in [-0.4, -0.2) is 10.7 Å². The van der Waals surface area contributed by atoms with Gasteiger partial charge in [0, 0.05) is 23.0 Å². The predicted molar refractivity (Wildman–Crippen MR) is 81.4 cm³/mol. The van der Waals surface area contributed by atoms with E-state index in [0.717, 1.165) is 17.7 Å². The molecule has 20 heavy (non-hydrogen) atoms. The summed E-state index contributed by atoms with van der Waals surface area (Å²) in [6, 6.07) is 3.88. The number of aromatic hydroxyl groups is 1. The summed E-state index contributed by atoms with van der Waals surface area (Å²) in [7, 11) is 0. The zero-order valence-electron chi connectivity index (χ0n) is 12.9.